The summed E-state index contributed by atoms with van der Waals surface area (Å²) in [5, 5.41) is 0. The largest absolute Gasteiger partial charge is 0.377 e. The molecule has 35 heavy (non-hydrogen) atoms. The minimum Gasteiger partial charge on any atom is -0.377 e. The zero-order valence-electron chi connectivity index (χ0n) is 23.9. The molecule has 1 heterocycles. The standard InChI is InChI=1S/C26H51N5O4/c1-19(2)24-27-25(30(11-15-32-20(3)4)12-16-33-21(5)6)29-26(28-24)31(13-17-34-22(7)8)14-18-35-23(9)10/h19-23H,11-18H2,1-10H3. The van der Waals surface area contributed by atoms with Crippen molar-refractivity contribution in [1.29, 1.82) is 0 Å². The van der Waals surface area contributed by atoms with Crippen LogP contribution in [0.3, 0.4) is 0 Å². The van der Waals surface area contributed by atoms with Crippen molar-refractivity contribution in [3.63, 3.8) is 0 Å². The van der Waals surface area contributed by atoms with Crippen molar-refractivity contribution in [2.75, 3.05) is 62.4 Å². The van der Waals surface area contributed by atoms with Crippen molar-refractivity contribution < 1.29 is 18.9 Å². The Morgan fingerprint density at radius 2 is 0.771 bits per heavy atom. The highest BCUT2D eigenvalue weighted by atomic mass is 16.5. The number of aromatic nitrogens is 3. The first-order chi connectivity index (χ1) is 16.5. The Morgan fingerprint density at radius 1 is 0.486 bits per heavy atom. The maximum atomic E-state index is 5.83. The molecule has 0 saturated carbocycles. The third-order valence-electron chi connectivity index (χ3n) is 4.96. The summed E-state index contributed by atoms with van der Waals surface area (Å²) in [6, 6.07) is 0. The number of ether oxygens (including phenoxy) is 4. The maximum absolute atomic E-state index is 5.83. The summed E-state index contributed by atoms with van der Waals surface area (Å²) >= 11 is 0. The van der Waals surface area contributed by atoms with Gasteiger partial charge in [0.15, 0.2) is 0 Å². The van der Waals surface area contributed by atoms with Crippen LogP contribution in [0.2, 0.25) is 0 Å². The van der Waals surface area contributed by atoms with Gasteiger partial charge in [-0.3, -0.25) is 0 Å². The average molecular weight is 498 g/mol. The second-order valence-electron chi connectivity index (χ2n) is 10.1. The van der Waals surface area contributed by atoms with E-state index in [1.807, 2.05) is 55.4 Å². The van der Waals surface area contributed by atoms with Crippen LogP contribution < -0.4 is 9.80 Å². The lowest BCUT2D eigenvalue weighted by Crippen LogP contribution is -2.37. The Balaban J connectivity index is 3.23. The van der Waals surface area contributed by atoms with Gasteiger partial charge in [-0.2, -0.15) is 15.0 Å². The lowest BCUT2D eigenvalue weighted by molar-refractivity contribution is 0.0743. The Bertz CT molecular complexity index is 607. The van der Waals surface area contributed by atoms with Crippen LogP contribution in [0.25, 0.3) is 0 Å². The van der Waals surface area contributed by atoms with E-state index < -0.39 is 0 Å². The first-order valence-electron chi connectivity index (χ1n) is 13.2. The van der Waals surface area contributed by atoms with Crippen molar-refractivity contribution in [3.8, 4) is 0 Å². The lowest BCUT2D eigenvalue weighted by Gasteiger charge is -2.28. The van der Waals surface area contributed by atoms with Crippen molar-refractivity contribution in [1.82, 2.24) is 15.0 Å². The molecule has 0 atom stereocenters. The van der Waals surface area contributed by atoms with Crippen molar-refractivity contribution in [3.05, 3.63) is 5.82 Å². The van der Waals surface area contributed by atoms with Crippen LogP contribution in [0.1, 0.15) is 81.0 Å². The molecule has 0 saturated heterocycles. The van der Waals surface area contributed by atoms with Crippen LogP contribution in [0.4, 0.5) is 11.9 Å². The molecule has 0 spiro atoms. The smallest absolute Gasteiger partial charge is 0.230 e. The van der Waals surface area contributed by atoms with Gasteiger partial charge >= 0.3 is 0 Å². The molecule has 0 amide bonds. The topological polar surface area (TPSA) is 82.1 Å². The second kappa shape index (κ2) is 17.0. The van der Waals surface area contributed by atoms with E-state index in [1.165, 1.54) is 0 Å². The van der Waals surface area contributed by atoms with Gasteiger partial charge in [-0.1, -0.05) is 13.8 Å². The molecule has 0 fully saturated rings. The summed E-state index contributed by atoms with van der Waals surface area (Å²) in [6.45, 7) is 25.6. The molecular weight excluding hydrogens is 446 g/mol. The van der Waals surface area contributed by atoms with Gasteiger partial charge in [-0.15, -0.1) is 0 Å². The van der Waals surface area contributed by atoms with Gasteiger partial charge in [0, 0.05) is 32.1 Å². The summed E-state index contributed by atoms with van der Waals surface area (Å²) in [7, 11) is 0. The molecule has 1 aromatic heterocycles. The zero-order chi connectivity index (χ0) is 26.4. The van der Waals surface area contributed by atoms with E-state index in [0.29, 0.717) is 64.5 Å². The fourth-order valence-corrected chi connectivity index (χ4v) is 3.13. The van der Waals surface area contributed by atoms with Gasteiger partial charge in [-0.05, 0) is 55.4 Å². The second-order valence-corrected chi connectivity index (χ2v) is 10.1. The van der Waals surface area contributed by atoms with Crippen LogP contribution in [-0.2, 0) is 18.9 Å². The third-order valence-corrected chi connectivity index (χ3v) is 4.96. The minimum atomic E-state index is 0.164. The van der Waals surface area contributed by atoms with Gasteiger partial charge in [0.2, 0.25) is 11.9 Å². The monoisotopic (exact) mass is 497 g/mol. The van der Waals surface area contributed by atoms with Crippen LogP contribution in [0.5, 0.6) is 0 Å². The number of anilines is 2. The average Bonchev–Trinajstić information content (AvgIpc) is 2.75. The SMILES string of the molecule is CC(C)OCCN(CCOC(C)C)c1nc(C(C)C)nc(N(CCOC(C)C)CCOC(C)C)n1. The predicted molar refractivity (Wildman–Crippen MR) is 143 cm³/mol. The van der Waals surface area contributed by atoms with Gasteiger partial charge in [0.25, 0.3) is 0 Å². The molecule has 204 valence electrons. The van der Waals surface area contributed by atoms with Gasteiger partial charge in [0.1, 0.15) is 5.82 Å². The molecule has 0 unspecified atom stereocenters. The van der Waals surface area contributed by atoms with Crippen molar-refractivity contribution >= 4 is 11.9 Å². The molecule has 0 aromatic carbocycles. The Morgan fingerprint density at radius 3 is 1.00 bits per heavy atom. The fourth-order valence-electron chi connectivity index (χ4n) is 3.13. The molecule has 0 aliphatic heterocycles. The van der Waals surface area contributed by atoms with E-state index in [4.69, 9.17) is 33.9 Å². The molecule has 0 aliphatic rings. The minimum absolute atomic E-state index is 0.164. The van der Waals surface area contributed by atoms with Gasteiger partial charge in [-0.25, -0.2) is 0 Å². The van der Waals surface area contributed by atoms with Crippen molar-refractivity contribution in [2.24, 2.45) is 0 Å². The summed E-state index contributed by atoms with van der Waals surface area (Å²) in [5.74, 6) is 2.23. The predicted octanol–water partition coefficient (Wildman–Crippen LogP) is 4.31. The first-order valence-corrected chi connectivity index (χ1v) is 13.2. The van der Waals surface area contributed by atoms with E-state index in [0.717, 1.165) is 5.82 Å². The Labute approximate surface area is 213 Å². The normalized spacial score (nSPS) is 12.1. The molecule has 9 nitrogen and oxygen atoms in total. The van der Waals surface area contributed by atoms with Crippen LogP contribution in [0, 0.1) is 0 Å². The van der Waals surface area contributed by atoms with E-state index >= 15 is 0 Å². The fraction of sp³-hybridized carbons (Fsp3) is 0.885. The van der Waals surface area contributed by atoms with Gasteiger partial charge < -0.3 is 28.7 Å². The summed E-state index contributed by atoms with van der Waals surface area (Å²) in [6.07, 6.45) is 0.672. The summed E-state index contributed by atoms with van der Waals surface area (Å²) in [4.78, 5) is 18.8. The molecule has 0 radical (unpaired) electrons. The Kier molecular flexibility index (Phi) is 15.3. The highest BCUT2D eigenvalue weighted by molar-refractivity contribution is 5.40. The number of nitrogens with zero attached hydrogens (tertiary/aromatic N) is 5. The molecule has 0 aliphatic carbocycles. The molecule has 0 bridgehead atoms. The zero-order valence-corrected chi connectivity index (χ0v) is 23.9. The van der Waals surface area contributed by atoms with Crippen LogP contribution >= 0.6 is 0 Å². The van der Waals surface area contributed by atoms with E-state index in [9.17, 15) is 0 Å². The number of hydrogen-bond acceptors (Lipinski definition) is 9. The quantitative estimate of drug-likeness (QED) is 0.278. The Hall–Kier alpha value is -1.55. The van der Waals surface area contributed by atoms with Gasteiger partial charge in [0.05, 0.1) is 50.8 Å². The third kappa shape index (κ3) is 13.9. The van der Waals surface area contributed by atoms with Crippen molar-refractivity contribution in [2.45, 2.75) is 99.6 Å². The summed E-state index contributed by atoms with van der Waals surface area (Å²) < 4.78 is 23.3. The van der Waals surface area contributed by atoms with Crippen LogP contribution in [-0.4, -0.2) is 92.0 Å². The molecule has 9 heteroatoms. The maximum Gasteiger partial charge on any atom is 0.230 e. The highest BCUT2D eigenvalue weighted by Crippen LogP contribution is 2.19. The number of rotatable bonds is 19. The molecule has 0 N–H and O–H groups in total. The summed E-state index contributed by atoms with van der Waals surface area (Å²) in [5.41, 5.74) is 0. The molecule has 1 aromatic rings. The van der Waals surface area contributed by atoms with Crippen LogP contribution in [0.15, 0.2) is 0 Å². The highest BCUT2D eigenvalue weighted by Gasteiger charge is 2.19. The lowest BCUT2D eigenvalue weighted by atomic mass is 10.2. The van der Waals surface area contributed by atoms with E-state index in [-0.39, 0.29) is 30.3 Å². The molecule has 1 rings (SSSR count). The van der Waals surface area contributed by atoms with E-state index in [2.05, 4.69) is 23.6 Å². The van der Waals surface area contributed by atoms with E-state index in [1.54, 1.807) is 0 Å². The first kappa shape index (κ1) is 31.5. The number of hydrogen-bond donors (Lipinski definition) is 0. The molecular formula is C26H51N5O4.